The van der Waals surface area contributed by atoms with Gasteiger partial charge < -0.3 is 5.11 Å². The molecule has 0 spiro atoms. The molecule has 134 valence electrons. The van der Waals surface area contributed by atoms with Gasteiger partial charge in [-0.15, -0.1) is 11.3 Å². The predicted molar refractivity (Wildman–Crippen MR) is 113 cm³/mol. The van der Waals surface area contributed by atoms with Gasteiger partial charge in [0.2, 0.25) is 0 Å². The zero-order valence-electron chi connectivity index (χ0n) is 14.7. The minimum atomic E-state index is -0.413. The Morgan fingerprint density at radius 2 is 1.54 bits per heavy atom. The van der Waals surface area contributed by atoms with Gasteiger partial charge >= 0.3 is 0 Å². The molecule has 4 aromatic rings. The molecule has 0 saturated heterocycles. The first-order valence-electron chi connectivity index (χ1n) is 8.57. The SMILES string of the molecule is N#C/C(=C(/O)c1ccc(-c2ccccc2)cc1)c1nc(=O)c2ccccc2s1. The van der Waals surface area contributed by atoms with Gasteiger partial charge in [-0.3, -0.25) is 4.79 Å². The maximum absolute atomic E-state index is 12.3. The number of aliphatic hydroxyl groups is 1. The number of aromatic nitrogens is 1. The van der Waals surface area contributed by atoms with E-state index in [9.17, 15) is 15.2 Å². The second-order valence-corrected chi connectivity index (χ2v) is 7.13. The molecule has 0 aliphatic heterocycles. The summed E-state index contributed by atoms with van der Waals surface area (Å²) >= 11 is 1.21. The fraction of sp³-hybridized carbons (Fsp3) is 0. The lowest BCUT2D eigenvalue weighted by Gasteiger charge is -2.06. The van der Waals surface area contributed by atoms with Crippen molar-refractivity contribution in [2.75, 3.05) is 0 Å². The van der Waals surface area contributed by atoms with E-state index in [-0.39, 0.29) is 16.3 Å². The molecule has 4 nitrogen and oxygen atoms in total. The van der Waals surface area contributed by atoms with Crippen LogP contribution in [0.1, 0.15) is 10.6 Å². The van der Waals surface area contributed by atoms with Gasteiger partial charge in [-0.1, -0.05) is 66.7 Å². The van der Waals surface area contributed by atoms with Crippen LogP contribution in [0.15, 0.2) is 83.7 Å². The first kappa shape index (κ1) is 17.7. The summed E-state index contributed by atoms with van der Waals surface area (Å²) in [5, 5.41) is 21.0. The molecule has 0 unspecified atom stereocenters. The van der Waals surface area contributed by atoms with Crippen LogP contribution in [-0.4, -0.2) is 10.1 Å². The molecule has 0 amide bonds. The lowest BCUT2D eigenvalue weighted by atomic mass is 10.0. The fourth-order valence-corrected chi connectivity index (χ4v) is 3.91. The van der Waals surface area contributed by atoms with Crippen molar-refractivity contribution >= 4 is 32.8 Å². The highest BCUT2D eigenvalue weighted by Crippen LogP contribution is 2.29. The van der Waals surface area contributed by atoms with Gasteiger partial charge in [-0.05, 0) is 23.3 Å². The van der Waals surface area contributed by atoms with E-state index in [1.165, 1.54) is 11.3 Å². The number of aliphatic hydroxyl groups excluding tert-OH is 1. The minimum Gasteiger partial charge on any atom is -0.506 e. The lowest BCUT2D eigenvalue weighted by Crippen LogP contribution is -2.07. The van der Waals surface area contributed by atoms with E-state index in [1.54, 1.807) is 30.3 Å². The minimum absolute atomic E-state index is 0.0136. The number of benzene rings is 3. The highest BCUT2D eigenvalue weighted by Gasteiger charge is 2.15. The summed E-state index contributed by atoms with van der Waals surface area (Å²) in [5.41, 5.74) is 2.13. The maximum Gasteiger partial charge on any atom is 0.279 e. The van der Waals surface area contributed by atoms with Crippen molar-refractivity contribution in [1.29, 1.82) is 5.26 Å². The van der Waals surface area contributed by atoms with Crippen molar-refractivity contribution in [1.82, 2.24) is 4.98 Å². The summed E-state index contributed by atoms with van der Waals surface area (Å²) in [5.74, 6) is -0.194. The monoisotopic (exact) mass is 382 g/mol. The molecule has 0 radical (unpaired) electrons. The summed E-state index contributed by atoms with van der Waals surface area (Å²) in [7, 11) is 0. The van der Waals surface area contributed by atoms with Crippen molar-refractivity contribution in [2.24, 2.45) is 0 Å². The van der Waals surface area contributed by atoms with E-state index in [0.29, 0.717) is 10.9 Å². The first-order valence-corrected chi connectivity index (χ1v) is 9.38. The second kappa shape index (κ2) is 7.47. The van der Waals surface area contributed by atoms with Crippen LogP contribution in [0.4, 0.5) is 0 Å². The quantitative estimate of drug-likeness (QED) is 0.387. The van der Waals surface area contributed by atoms with Crippen LogP contribution in [0.5, 0.6) is 0 Å². The van der Waals surface area contributed by atoms with Gasteiger partial charge in [0.05, 0.1) is 5.39 Å². The third kappa shape index (κ3) is 3.29. The molecule has 0 fully saturated rings. The zero-order chi connectivity index (χ0) is 19.5. The van der Waals surface area contributed by atoms with Gasteiger partial charge in [-0.2, -0.15) is 10.2 Å². The number of allylic oxidation sites excluding steroid dienone is 1. The number of hydrogen-bond acceptors (Lipinski definition) is 5. The molecular formula is C23H14N2O2S. The molecule has 1 N–H and O–H groups in total. The molecule has 28 heavy (non-hydrogen) atoms. The molecule has 4 rings (SSSR count). The molecule has 0 bridgehead atoms. The molecule has 5 heteroatoms. The maximum atomic E-state index is 12.3. The van der Waals surface area contributed by atoms with Crippen molar-refractivity contribution in [3.63, 3.8) is 0 Å². The van der Waals surface area contributed by atoms with E-state index in [4.69, 9.17) is 0 Å². The average molecular weight is 382 g/mol. The smallest absolute Gasteiger partial charge is 0.279 e. The third-order valence-corrected chi connectivity index (χ3v) is 5.42. The van der Waals surface area contributed by atoms with Crippen LogP contribution in [-0.2, 0) is 0 Å². The Labute approximate surface area is 165 Å². The van der Waals surface area contributed by atoms with E-state index in [0.717, 1.165) is 15.8 Å². The Hall–Kier alpha value is -3.75. The van der Waals surface area contributed by atoms with Crippen LogP contribution < -0.4 is 5.56 Å². The molecule has 0 aliphatic carbocycles. The van der Waals surface area contributed by atoms with Gasteiger partial charge in [0, 0.05) is 10.3 Å². The normalized spacial score (nSPS) is 11.7. The number of rotatable bonds is 3. The highest BCUT2D eigenvalue weighted by atomic mass is 32.1. The van der Waals surface area contributed by atoms with E-state index < -0.39 is 5.56 Å². The van der Waals surface area contributed by atoms with Crippen molar-refractivity contribution < 1.29 is 5.11 Å². The first-order chi connectivity index (χ1) is 13.7. The van der Waals surface area contributed by atoms with Crippen LogP contribution in [0, 0.1) is 11.3 Å². The molecule has 3 aromatic carbocycles. The van der Waals surface area contributed by atoms with Crippen LogP contribution >= 0.6 is 11.3 Å². The number of nitriles is 1. The van der Waals surface area contributed by atoms with Crippen molar-refractivity contribution in [3.8, 4) is 17.2 Å². The standard InChI is InChI=1S/C23H14N2O2S/c24-14-19(23-25-22(27)18-8-4-5-9-20(18)28-23)21(26)17-12-10-16(11-13-17)15-6-2-1-3-7-15/h1-13,26H/b21-19-. The summed E-state index contributed by atoms with van der Waals surface area (Å²) in [6.07, 6.45) is 0. The Bertz CT molecular complexity index is 1280. The van der Waals surface area contributed by atoms with E-state index >= 15 is 0 Å². The highest BCUT2D eigenvalue weighted by molar-refractivity contribution is 7.19. The summed E-state index contributed by atoms with van der Waals surface area (Å²) in [4.78, 5) is 16.3. The number of hydrogen-bond donors (Lipinski definition) is 1. The Morgan fingerprint density at radius 1 is 0.893 bits per heavy atom. The van der Waals surface area contributed by atoms with Gasteiger partial charge in [0.15, 0.2) is 0 Å². The molecule has 1 aromatic heterocycles. The second-order valence-electron chi connectivity index (χ2n) is 6.10. The lowest BCUT2D eigenvalue weighted by molar-refractivity contribution is 0.514. The molecule has 1 heterocycles. The molecule has 0 atom stereocenters. The van der Waals surface area contributed by atoms with Crippen molar-refractivity contribution in [2.45, 2.75) is 0 Å². The van der Waals surface area contributed by atoms with Gasteiger partial charge in [0.25, 0.3) is 5.56 Å². The van der Waals surface area contributed by atoms with E-state index in [2.05, 4.69) is 4.98 Å². The number of nitrogens with zero attached hydrogens (tertiary/aromatic N) is 2. The van der Waals surface area contributed by atoms with Crippen LogP contribution in [0.25, 0.3) is 32.5 Å². The number of fused-ring (bicyclic) bond motifs is 1. The Balaban J connectivity index is 1.78. The van der Waals surface area contributed by atoms with Crippen molar-refractivity contribution in [3.05, 3.63) is 99.8 Å². The molecule has 0 aliphatic rings. The summed E-state index contributed by atoms with van der Waals surface area (Å²) in [6.45, 7) is 0. The predicted octanol–water partition coefficient (Wildman–Crippen LogP) is 5.27. The third-order valence-electron chi connectivity index (χ3n) is 4.36. The topological polar surface area (TPSA) is 74.0 Å². The summed E-state index contributed by atoms with van der Waals surface area (Å²) < 4.78 is 0.720. The summed E-state index contributed by atoms with van der Waals surface area (Å²) in [6, 6.07) is 26.2. The Kier molecular flexibility index (Phi) is 4.71. The zero-order valence-corrected chi connectivity index (χ0v) is 15.5. The Morgan fingerprint density at radius 3 is 2.25 bits per heavy atom. The molecule has 0 saturated carbocycles. The largest absolute Gasteiger partial charge is 0.506 e. The van der Waals surface area contributed by atoms with E-state index in [1.807, 2.05) is 54.6 Å². The van der Waals surface area contributed by atoms with Gasteiger partial charge in [0.1, 0.15) is 22.4 Å². The fourth-order valence-electron chi connectivity index (χ4n) is 2.92. The average Bonchev–Trinajstić information content (AvgIpc) is 2.75. The molecular weight excluding hydrogens is 368 g/mol. The van der Waals surface area contributed by atoms with Crippen LogP contribution in [0.3, 0.4) is 0 Å². The van der Waals surface area contributed by atoms with Gasteiger partial charge in [-0.25, -0.2) is 0 Å². The van der Waals surface area contributed by atoms with Crippen LogP contribution in [0.2, 0.25) is 0 Å².